The fraction of sp³-hybridized carbons (Fsp3) is 0.829. The van der Waals surface area contributed by atoms with E-state index in [2.05, 4.69) is 27.6 Å². The number of nitrogens with zero attached hydrogens (tertiary/aromatic N) is 2. The molecule has 4 aliphatic rings. The summed E-state index contributed by atoms with van der Waals surface area (Å²) in [6.45, 7) is 6.17. The van der Waals surface area contributed by atoms with Crippen LogP contribution in [0.1, 0.15) is 111 Å². The minimum Gasteiger partial charge on any atom is -0.481 e. The van der Waals surface area contributed by atoms with Crippen molar-refractivity contribution in [2.75, 3.05) is 26.7 Å². The lowest BCUT2D eigenvalue weighted by atomic mass is 9.78. The van der Waals surface area contributed by atoms with E-state index in [1.165, 1.54) is 23.3 Å². The van der Waals surface area contributed by atoms with Crippen molar-refractivity contribution in [1.82, 2.24) is 25.8 Å². The third-order valence-corrected chi connectivity index (χ3v) is 11.2. The van der Waals surface area contributed by atoms with E-state index >= 15 is 0 Å². The van der Waals surface area contributed by atoms with Crippen LogP contribution in [0.2, 0.25) is 0 Å². The Balaban J connectivity index is 1.29. The Labute approximate surface area is 284 Å². The molecule has 5 atom stereocenters. The molecule has 48 heavy (non-hydrogen) atoms. The molecule has 13 nitrogen and oxygen atoms in total. The van der Waals surface area contributed by atoms with Gasteiger partial charge in [-0.05, 0) is 89.4 Å². The Kier molecular flexibility index (Phi) is 13.3. The molecule has 0 aromatic heterocycles. The van der Waals surface area contributed by atoms with Gasteiger partial charge < -0.3 is 35.6 Å². The van der Waals surface area contributed by atoms with Crippen molar-refractivity contribution < 1.29 is 38.6 Å². The van der Waals surface area contributed by atoms with Crippen LogP contribution in [0.3, 0.4) is 0 Å². The average Bonchev–Trinajstić information content (AvgIpc) is 3.17. The van der Waals surface area contributed by atoms with E-state index in [9.17, 15) is 33.9 Å². The summed E-state index contributed by atoms with van der Waals surface area (Å²) in [6.07, 6.45) is 9.73. The van der Waals surface area contributed by atoms with Crippen molar-refractivity contribution in [1.29, 1.82) is 0 Å². The number of esters is 1. The lowest BCUT2D eigenvalue weighted by Crippen LogP contribution is -2.56. The van der Waals surface area contributed by atoms with Gasteiger partial charge in [0.1, 0.15) is 13.0 Å². The molecule has 1 heterocycles. The minimum atomic E-state index is -1.01. The smallest absolute Gasteiger partial charge is 0.315 e. The summed E-state index contributed by atoms with van der Waals surface area (Å²) in [7, 11) is 1.21. The zero-order valence-corrected chi connectivity index (χ0v) is 29.3. The van der Waals surface area contributed by atoms with Crippen LogP contribution in [0.5, 0.6) is 0 Å². The number of carboxylic acids is 1. The van der Waals surface area contributed by atoms with Crippen LogP contribution in [-0.4, -0.2) is 107 Å². The summed E-state index contributed by atoms with van der Waals surface area (Å²) in [5.41, 5.74) is -0.785. The van der Waals surface area contributed by atoms with Crippen LogP contribution in [0.4, 0.5) is 4.79 Å². The molecule has 0 spiro atoms. The number of Topliss-reactive ketones (excluding diaryl/α,β-unsaturated/α-hetero) is 1. The number of ketones is 1. The molecule has 4 N–H and O–H groups in total. The van der Waals surface area contributed by atoms with Crippen molar-refractivity contribution in [3.8, 4) is 0 Å². The molecule has 0 bridgehead atoms. The monoisotopic (exact) mass is 675 g/mol. The molecule has 13 heteroatoms. The summed E-state index contributed by atoms with van der Waals surface area (Å²) in [4.78, 5) is 78.7. The molecule has 1 saturated heterocycles. The molecule has 4 rings (SSSR count). The molecule has 0 aromatic carbocycles. The summed E-state index contributed by atoms with van der Waals surface area (Å²) >= 11 is 0. The maximum atomic E-state index is 13.6. The lowest BCUT2D eigenvalue weighted by Gasteiger charge is -2.43. The van der Waals surface area contributed by atoms with Crippen LogP contribution in [0, 0.1) is 17.8 Å². The maximum absolute atomic E-state index is 13.6. The molecule has 1 aliphatic heterocycles. The van der Waals surface area contributed by atoms with Gasteiger partial charge in [0, 0.05) is 43.7 Å². The van der Waals surface area contributed by atoms with E-state index in [0.717, 1.165) is 44.9 Å². The summed E-state index contributed by atoms with van der Waals surface area (Å²) in [5, 5.41) is 19.2. The third-order valence-electron chi connectivity index (χ3n) is 11.2. The zero-order chi connectivity index (χ0) is 35.0. The minimum absolute atomic E-state index is 0.0392. The van der Waals surface area contributed by atoms with E-state index in [-0.39, 0.29) is 73.2 Å². The second-order valence-electron chi connectivity index (χ2n) is 15.2. The lowest BCUT2D eigenvalue weighted by molar-refractivity contribution is -0.150. The fourth-order valence-corrected chi connectivity index (χ4v) is 8.30. The first-order chi connectivity index (χ1) is 22.7. The quantitative estimate of drug-likeness (QED) is 0.179. The topological polar surface area (TPSA) is 174 Å². The van der Waals surface area contributed by atoms with Crippen molar-refractivity contribution >= 4 is 35.6 Å². The molecule has 270 valence electrons. The van der Waals surface area contributed by atoms with Gasteiger partial charge in [-0.3, -0.25) is 24.0 Å². The van der Waals surface area contributed by atoms with Gasteiger partial charge in [0.15, 0.2) is 5.78 Å². The van der Waals surface area contributed by atoms with Gasteiger partial charge in [-0.2, -0.15) is 0 Å². The van der Waals surface area contributed by atoms with Crippen molar-refractivity contribution in [2.45, 2.75) is 140 Å². The molecule has 5 unspecified atom stereocenters. The molecule has 3 saturated carbocycles. The number of amides is 4. The average molecular weight is 676 g/mol. The van der Waals surface area contributed by atoms with Crippen LogP contribution in [-0.2, 0) is 28.7 Å². The standard InChI is InChI=1S/C35H57N5O8/c1-22-7-5-6-8-27(22)37-34(47)36-25-11-9-23(10-12-25)17-29(41)35(2,3)38-26-13-14-28-24(18-26)20-39(16-15-32(44)45)31(43)21-40(28)30(42)19-33(46)48-4/h22-28,38H,5-21H2,1-4H3,(H,44,45)(H2,36,37,47). The summed E-state index contributed by atoms with van der Waals surface area (Å²) in [5.74, 6) is -1.74. The van der Waals surface area contributed by atoms with Gasteiger partial charge in [0.2, 0.25) is 11.8 Å². The highest BCUT2D eigenvalue weighted by molar-refractivity contribution is 5.96. The molecule has 3 aliphatic carbocycles. The maximum Gasteiger partial charge on any atom is 0.315 e. The van der Waals surface area contributed by atoms with Crippen LogP contribution >= 0.6 is 0 Å². The summed E-state index contributed by atoms with van der Waals surface area (Å²) < 4.78 is 4.68. The number of ether oxygens (including phenoxy) is 1. The molecule has 4 amide bonds. The van der Waals surface area contributed by atoms with Crippen molar-refractivity contribution in [3.63, 3.8) is 0 Å². The molecule has 4 fully saturated rings. The SMILES string of the molecule is COC(=O)CC(=O)N1CC(=O)N(CCC(=O)O)CC2CC(NC(C)(C)C(=O)CC3CCC(NC(=O)NC4CCCCC4C)CC3)CCC21. The second-order valence-corrected chi connectivity index (χ2v) is 15.2. The van der Waals surface area contributed by atoms with Gasteiger partial charge in [-0.1, -0.05) is 19.8 Å². The highest BCUT2D eigenvalue weighted by atomic mass is 16.5. The van der Waals surface area contributed by atoms with Crippen LogP contribution < -0.4 is 16.0 Å². The van der Waals surface area contributed by atoms with Gasteiger partial charge in [-0.15, -0.1) is 0 Å². The first-order valence-corrected chi connectivity index (χ1v) is 18.0. The Morgan fingerprint density at radius 3 is 2.29 bits per heavy atom. The predicted molar refractivity (Wildman–Crippen MR) is 178 cm³/mol. The van der Waals surface area contributed by atoms with E-state index in [0.29, 0.717) is 38.1 Å². The van der Waals surface area contributed by atoms with Gasteiger partial charge in [-0.25, -0.2) is 4.79 Å². The van der Waals surface area contributed by atoms with Gasteiger partial charge in [0.25, 0.3) is 0 Å². The number of methoxy groups -OCH3 is 1. The normalized spacial score (nSPS) is 29.7. The number of aliphatic carboxylic acids is 1. The van der Waals surface area contributed by atoms with Gasteiger partial charge >= 0.3 is 18.0 Å². The number of urea groups is 1. The molecule has 0 aromatic rings. The number of hydrogen-bond donors (Lipinski definition) is 4. The first-order valence-electron chi connectivity index (χ1n) is 18.0. The predicted octanol–water partition coefficient (Wildman–Crippen LogP) is 3.00. The highest BCUT2D eigenvalue weighted by Gasteiger charge is 2.43. The number of fused-ring (bicyclic) bond motifs is 1. The molecule has 0 radical (unpaired) electrons. The Bertz CT molecular complexity index is 1190. The Hall–Kier alpha value is -3.22. The van der Waals surface area contributed by atoms with E-state index < -0.39 is 29.8 Å². The van der Waals surface area contributed by atoms with Crippen LogP contribution in [0.25, 0.3) is 0 Å². The highest BCUT2D eigenvalue weighted by Crippen LogP contribution is 2.34. The third kappa shape index (κ3) is 10.4. The Morgan fingerprint density at radius 2 is 1.62 bits per heavy atom. The Morgan fingerprint density at radius 1 is 0.938 bits per heavy atom. The van der Waals surface area contributed by atoms with E-state index in [4.69, 9.17) is 0 Å². The molecular formula is C35H57N5O8. The number of hydrogen-bond acceptors (Lipinski definition) is 8. The van der Waals surface area contributed by atoms with E-state index in [1.807, 2.05) is 13.8 Å². The van der Waals surface area contributed by atoms with E-state index in [1.54, 1.807) is 0 Å². The summed E-state index contributed by atoms with van der Waals surface area (Å²) in [6, 6.07) is -0.0340. The molecular weight excluding hydrogens is 618 g/mol. The van der Waals surface area contributed by atoms with Crippen LogP contribution in [0.15, 0.2) is 0 Å². The largest absolute Gasteiger partial charge is 0.481 e. The number of carbonyl (C=O) groups excluding carboxylic acids is 5. The zero-order valence-electron chi connectivity index (χ0n) is 29.3. The number of carboxylic acid groups (broad SMARTS) is 1. The van der Waals surface area contributed by atoms with Crippen molar-refractivity contribution in [2.24, 2.45) is 17.8 Å². The second kappa shape index (κ2) is 16.9. The van der Waals surface area contributed by atoms with Gasteiger partial charge in [0.05, 0.1) is 19.1 Å². The first kappa shape index (κ1) is 37.6. The number of rotatable bonds is 12. The van der Waals surface area contributed by atoms with Crippen molar-refractivity contribution in [3.05, 3.63) is 0 Å². The number of nitrogens with one attached hydrogen (secondary N) is 3. The fourth-order valence-electron chi connectivity index (χ4n) is 8.30. The number of carbonyl (C=O) groups is 6.